The molecule has 0 aromatic heterocycles. The first kappa shape index (κ1) is 22.5. The van der Waals surface area contributed by atoms with Crippen LogP contribution in [0.5, 0.6) is 0 Å². The lowest BCUT2D eigenvalue weighted by molar-refractivity contribution is -0.136. The van der Waals surface area contributed by atoms with Crippen molar-refractivity contribution in [2.24, 2.45) is 0 Å². The first-order valence-corrected chi connectivity index (χ1v) is 11.6. The van der Waals surface area contributed by atoms with Crippen molar-refractivity contribution in [2.45, 2.75) is 11.3 Å². The first-order valence-electron chi connectivity index (χ1n) is 10.0. The Morgan fingerprint density at radius 1 is 1.00 bits per heavy atom. The molecule has 2 N–H and O–H groups in total. The minimum Gasteiger partial charge on any atom is -0.369 e. The molecule has 1 aliphatic heterocycles. The van der Waals surface area contributed by atoms with Gasteiger partial charge in [-0.15, -0.1) is 11.8 Å². The fourth-order valence-electron chi connectivity index (χ4n) is 3.39. The van der Waals surface area contributed by atoms with E-state index < -0.39 is 11.8 Å². The second kappa shape index (κ2) is 11.2. The van der Waals surface area contributed by atoms with Crippen molar-refractivity contribution in [1.82, 2.24) is 10.2 Å². The van der Waals surface area contributed by atoms with Crippen molar-refractivity contribution in [2.75, 3.05) is 55.7 Å². The van der Waals surface area contributed by atoms with Gasteiger partial charge in [0.2, 0.25) is 0 Å². The summed E-state index contributed by atoms with van der Waals surface area (Å²) in [7, 11) is 0. The van der Waals surface area contributed by atoms with E-state index in [-0.39, 0.29) is 0 Å². The molecular weight excluding hydrogens is 420 g/mol. The summed E-state index contributed by atoms with van der Waals surface area (Å²) in [4.78, 5) is 29.8. The summed E-state index contributed by atoms with van der Waals surface area (Å²) in [6, 6.07) is 15.4. The molecule has 30 heavy (non-hydrogen) atoms. The summed E-state index contributed by atoms with van der Waals surface area (Å²) in [6.07, 6.45) is 2.74. The van der Waals surface area contributed by atoms with Gasteiger partial charge in [-0.05, 0) is 55.6 Å². The van der Waals surface area contributed by atoms with Crippen molar-refractivity contribution in [1.29, 1.82) is 0 Å². The Balaban J connectivity index is 1.33. The molecule has 2 aromatic rings. The lowest BCUT2D eigenvalue weighted by Crippen LogP contribution is -2.47. The predicted octanol–water partition coefficient (Wildman–Crippen LogP) is 3.33. The number of hydrogen-bond acceptors (Lipinski definition) is 5. The Bertz CT molecular complexity index is 854. The number of rotatable bonds is 7. The molecule has 1 fully saturated rings. The zero-order valence-electron chi connectivity index (χ0n) is 17.1. The minimum atomic E-state index is -0.631. The summed E-state index contributed by atoms with van der Waals surface area (Å²) < 4.78 is 0. The van der Waals surface area contributed by atoms with Crippen molar-refractivity contribution in [3.63, 3.8) is 0 Å². The number of hydrogen-bond donors (Lipinski definition) is 2. The molecule has 0 spiro atoms. The van der Waals surface area contributed by atoms with Crippen LogP contribution in [0.25, 0.3) is 0 Å². The van der Waals surface area contributed by atoms with E-state index in [4.69, 9.17) is 11.6 Å². The highest BCUT2D eigenvalue weighted by atomic mass is 35.5. The molecule has 0 unspecified atom stereocenters. The van der Waals surface area contributed by atoms with Crippen molar-refractivity contribution >= 4 is 46.6 Å². The van der Waals surface area contributed by atoms with Crippen LogP contribution in [0.2, 0.25) is 5.02 Å². The highest BCUT2D eigenvalue weighted by Crippen LogP contribution is 2.24. The van der Waals surface area contributed by atoms with Crippen molar-refractivity contribution in [3.8, 4) is 0 Å². The van der Waals surface area contributed by atoms with E-state index in [2.05, 4.69) is 32.6 Å². The normalized spacial score (nSPS) is 14.4. The van der Waals surface area contributed by atoms with Crippen LogP contribution in [0.15, 0.2) is 53.4 Å². The molecule has 3 rings (SSSR count). The second-order valence-electron chi connectivity index (χ2n) is 7.07. The van der Waals surface area contributed by atoms with Crippen LogP contribution in [0.3, 0.4) is 0 Å². The molecule has 160 valence electrons. The molecule has 2 aromatic carbocycles. The standard InChI is InChI=1S/C22H27ClN4O2S/c1-30-20-6-3-2-5-19(20)25-22(29)21(28)24-11-4-12-26-13-15-27(16-14-26)18-9-7-17(23)8-10-18/h2-3,5-10H,4,11-16H2,1H3,(H,24,28)(H,25,29). The number of anilines is 2. The molecule has 0 bridgehead atoms. The molecule has 0 aliphatic carbocycles. The quantitative estimate of drug-likeness (QED) is 0.388. The summed E-state index contributed by atoms with van der Waals surface area (Å²) in [5.41, 5.74) is 1.85. The molecule has 0 saturated carbocycles. The van der Waals surface area contributed by atoms with Gasteiger partial charge in [-0.3, -0.25) is 14.5 Å². The monoisotopic (exact) mass is 446 g/mol. The molecule has 2 amide bonds. The van der Waals surface area contributed by atoms with Gasteiger partial charge < -0.3 is 15.5 Å². The fraction of sp³-hybridized carbons (Fsp3) is 0.364. The molecule has 1 saturated heterocycles. The predicted molar refractivity (Wildman–Crippen MR) is 125 cm³/mol. The zero-order valence-corrected chi connectivity index (χ0v) is 18.6. The molecule has 0 radical (unpaired) electrons. The van der Waals surface area contributed by atoms with Crippen LogP contribution in [0, 0.1) is 0 Å². The summed E-state index contributed by atoms with van der Waals surface area (Å²) in [5, 5.41) is 6.14. The lowest BCUT2D eigenvalue weighted by atomic mass is 10.2. The third-order valence-corrected chi connectivity index (χ3v) is 6.11. The largest absolute Gasteiger partial charge is 0.369 e. The van der Waals surface area contributed by atoms with E-state index in [1.165, 1.54) is 17.4 Å². The summed E-state index contributed by atoms with van der Waals surface area (Å²) >= 11 is 7.48. The average Bonchev–Trinajstić information content (AvgIpc) is 2.78. The van der Waals surface area contributed by atoms with Crippen molar-refractivity contribution < 1.29 is 9.59 Å². The van der Waals surface area contributed by atoms with Gasteiger partial charge in [-0.2, -0.15) is 0 Å². The second-order valence-corrected chi connectivity index (χ2v) is 8.35. The molecule has 1 heterocycles. The number of thioether (sulfide) groups is 1. The summed E-state index contributed by atoms with van der Waals surface area (Å²) in [6.45, 7) is 5.25. The SMILES string of the molecule is CSc1ccccc1NC(=O)C(=O)NCCCN1CCN(c2ccc(Cl)cc2)CC1. The Labute approximate surface area is 187 Å². The highest BCUT2D eigenvalue weighted by molar-refractivity contribution is 7.98. The number of carbonyl (C=O) groups excluding carboxylic acids is 2. The number of para-hydroxylation sites is 1. The topological polar surface area (TPSA) is 64.7 Å². The van der Waals surface area contributed by atoms with Gasteiger partial charge in [0.25, 0.3) is 0 Å². The average molecular weight is 447 g/mol. The van der Waals surface area contributed by atoms with Gasteiger partial charge in [-0.25, -0.2) is 0 Å². The lowest BCUT2D eigenvalue weighted by Gasteiger charge is -2.36. The fourth-order valence-corrected chi connectivity index (χ4v) is 4.07. The number of halogens is 1. The Hall–Kier alpha value is -2.22. The molecule has 8 heteroatoms. The summed E-state index contributed by atoms with van der Waals surface area (Å²) in [5.74, 6) is -1.23. The molecular formula is C22H27ClN4O2S. The Morgan fingerprint density at radius 2 is 1.70 bits per heavy atom. The van der Waals surface area contributed by atoms with Crippen LogP contribution < -0.4 is 15.5 Å². The maximum atomic E-state index is 12.1. The molecule has 1 aliphatic rings. The first-order chi connectivity index (χ1) is 14.6. The van der Waals surface area contributed by atoms with Gasteiger partial charge in [0.1, 0.15) is 0 Å². The number of nitrogens with zero attached hydrogens (tertiary/aromatic N) is 2. The van der Waals surface area contributed by atoms with Gasteiger partial charge >= 0.3 is 11.8 Å². The Morgan fingerprint density at radius 3 is 2.40 bits per heavy atom. The van der Waals surface area contributed by atoms with E-state index in [0.717, 1.165) is 49.1 Å². The molecule has 0 atom stereocenters. The van der Waals surface area contributed by atoms with Gasteiger partial charge in [0.15, 0.2) is 0 Å². The van der Waals surface area contributed by atoms with E-state index in [1.54, 1.807) is 6.07 Å². The van der Waals surface area contributed by atoms with Crippen LogP contribution in [0.1, 0.15) is 6.42 Å². The maximum Gasteiger partial charge on any atom is 0.313 e. The number of benzene rings is 2. The van der Waals surface area contributed by atoms with E-state index in [0.29, 0.717) is 12.2 Å². The maximum absolute atomic E-state index is 12.1. The van der Waals surface area contributed by atoms with Crippen LogP contribution in [0.4, 0.5) is 11.4 Å². The van der Waals surface area contributed by atoms with Gasteiger partial charge in [0, 0.05) is 48.3 Å². The number of piperazine rings is 1. The molecule has 6 nitrogen and oxygen atoms in total. The Kier molecular flexibility index (Phi) is 8.42. The zero-order chi connectivity index (χ0) is 21.3. The van der Waals surface area contributed by atoms with Crippen LogP contribution >= 0.6 is 23.4 Å². The smallest absolute Gasteiger partial charge is 0.313 e. The van der Waals surface area contributed by atoms with Crippen LogP contribution in [-0.4, -0.2) is 62.2 Å². The number of carbonyl (C=O) groups is 2. The number of nitrogens with one attached hydrogen (secondary N) is 2. The van der Waals surface area contributed by atoms with Crippen LogP contribution in [-0.2, 0) is 9.59 Å². The van der Waals surface area contributed by atoms with E-state index in [9.17, 15) is 9.59 Å². The number of amides is 2. The van der Waals surface area contributed by atoms with E-state index in [1.807, 2.05) is 36.6 Å². The minimum absolute atomic E-state index is 0.480. The third-order valence-electron chi connectivity index (χ3n) is 5.06. The third kappa shape index (κ3) is 6.39. The van der Waals surface area contributed by atoms with Crippen molar-refractivity contribution in [3.05, 3.63) is 53.6 Å². The van der Waals surface area contributed by atoms with Gasteiger partial charge in [-0.1, -0.05) is 23.7 Å². The van der Waals surface area contributed by atoms with Gasteiger partial charge in [0.05, 0.1) is 5.69 Å². The van der Waals surface area contributed by atoms with E-state index >= 15 is 0 Å². The highest BCUT2D eigenvalue weighted by Gasteiger charge is 2.18.